The van der Waals surface area contributed by atoms with Crippen molar-refractivity contribution >= 4 is 5.57 Å². The van der Waals surface area contributed by atoms with E-state index in [0.29, 0.717) is 11.1 Å². The van der Waals surface area contributed by atoms with E-state index in [1.807, 2.05) is 0 Å². The van der Waals surface area contributed by atoms with Gasteiger partial charge in [-0.25, -0.2) is 0 Å². The lowest BCUT2D eigenvalue weighted by molar-refractivity contribution is -0.311. The van der Waals surface area contributed by atoms with Gasteiger partial charge in [-0.2, -0.15) is 0 Å². The number of fused-ring (bicyclic) bond motifs is 1. The molecule has 0 spiro atoms. The fourth-order valence-electron chi connectivity index (χ4n) is 3.91. The van der Waals surface area contributed by atoms with Gasteiger partial charge in [0.05, 0.1) is 18.4 Å². The van der Waals surface area contributed by atoms with Gasteiger partial charge in [0.2, 0.25) is 0 Å². The van der Waals surface area contributed by atoms with E-state index < -0.39 is 43.4 Å². The van der Waals surface area contributed by atoms with Crippen molar-refractivity contribution in [2.45, 2.75) is 36.8 Å². The zero-order valence-corrected chi connectivity index (χ0v) is 17.0. The molecule has 2 aromatic carbocycles. The lowest BCUT2D eigenvalue weighted by atomic mass is 9.92. The van der Waals surface area contributed by atoms with Crippen LogP contribution >= 0.6 is 0 Å². The average Bonchev–Trinajstić information content (AvgIpc) is 2.77. The van der Waals surface area contributed by atoms with Crippen LogP contribution in [0.3, 0.4) is 0 Å². The Morgan fingerprint density at radius 2 is 1.69 bits per heavy atom. The Balaban J connectivity index is 1.73. The standard InChI is InChI=1S/C22H24O10/c1-29-21-16(8-23)31-22(19(28)18(21)27)32-20-13(10-2-4-11(24)5-3-10)9-30-15-7-12(25)6-14(26)17(15)20/h2-7,9,16,18-28H,8H2,1H3/t16-,18-,19-,20?,21-,22+/m1/s1. The first-order chi connectivity index (χ1) is 15.3. The largest absolute Gasteiger partial charge is 0.508 e. The number of hydrogen-bond acceptors (Lipinski definition) is 10. The molecule has 2 aromatic rings. The summed E-state index contributed by atoms with van der Waals surface area (Å²) in [5.74, 6) is -0.389. The van der Waals surface area contributed by atoms with Crippen LogP contribution in [0.2, 0.25) is 0 Å². The molecule has 4 rings (SSSR count). The van der Waals surface area contributed by atoms with Crippen molar-refractivity contribution < 1.29 is 49.6 Å². The lowest BCUT2D eigenvalue weighted by Gasteiger charge is -2.42. The Labute approximate surface area is 183 Å². The van der Waals surface area contributed by atoms with E-state index in [-0.39, 0.29) is 28.6 Å². The maximum absolute atomic E-state index is 10.6. The number of phenolic OH excluding ortho intramolecular Hbond substituents is 3. The van der Waals surface area contributed by atoms with Gasteiger partial charge >= 0.3 is 0 Å². The minimum absolute atomic E-state index is 0.0438. The first-order valence-electron chi connectivity index (χ1n) is 9.86. The highest BCUT2D eigenvalue weighted by Gasteiger charge is 2.47. The fourth-order valence-corrected chi connectivity index (χ4v) is 3.91. The van der Waals surface area contributed by atoms with Crippen molar-refractivity contribution in [1.29, 1.82) is 0 Å². The number of aliphatic hydroxyl groups is 3. The molecule has 32 heavy (non-hydrogen) atoms. The highest BCUT2D eigenvalue weighted by Crippen LogP contribution is 2.48. The van der Waals surface area contributed by atoms with Crippen molar-refractivity contribution in [3.8, 4) is 23.0 Å². The molecular weight excluding hydrogens is 424 g/mol. The lowest BCUT2D eigenvalue weighted by Crippen LogP contribution is -2.60. The second-order valence-corrected chi connectivity index (χ2v) is 7.54. The first-order valence-corrected chi connectivity index (χ1v) is 9.86. The molecule has 1 unspecified atom stereocenters. The molecule has 0 saturated carbocycles. The number of methoxy groups -OCH3 is 1. The van der Waals surface area contributed by atoms with Gasteiger partial charge in [0.25, 0.3) is 0 Å². The van der Waals surface area contributed by atoms with Crippen LogP contribution in [0.15, 0.2) is 42.7 Å². The maximum Gasteiger partial charge on any atom is 0.187 e. The van der Waals surface area contributed by atoms with Crippen molar-refractivity contribution in [2.24, 2.45) is 0 Å². The van der Waals surface area contributed by atoms with E-state index in [2.05, 4.69) is 0 Å². The molecule has 0 radical (unpaired) electrons. The SMILES string of the molecule is CO[C@H]1[C@H](O)[C@@H](O)[C@H](OC2C(c3ccc(O)cc3)=COc3cc(O)cc(O)c32)O[C@@H]1CO. The Bertz CT molecular complexity index is 987. The summed E-state index contributed by atoms with van der Waals surface area (Å²) in [6, 6.07) is 8.53. The summed E-state index contributed by atoms with van der Waals surface area (Å²) >= 11 is 0. The highest BCUT2D eigenvalue weighted by atomic mass is 16.7. The molecule has 0 aromatic heterocycles. The normalized spacial score (nSPS) is 29.7. The topological polar surface area (TPSA) is 158 Å². The smallest absolute Gasteiger partial charge is 0.187 e. The van der Waals surface area contributed by atoms with Gasteiger partial charge in [0.1, 0.15) is 53.5 Å². The van der Waals surface area contributed by atoms with Gasteiger partial charge in [-0.15, -0.1) is 0 Å². The minimum Gasteiger partial charge on any atom is -0.508 e. The minimum atomic E-state index is -1.53. The van der Waals surface area contributed by atoms with Crippen LogP contribution in [-0.2, 0) is 14.2 Å². The van der Waals surface area contributed by atoms with Crippen molar-refractivity contribution in [1.82, 2.24) is 0 Å². The van der Waals surface area contributed by atoms with Crippen LogP contribution in [0.4, 0.5) is 0 Å². The van der Waals surface area contributed by atoms with E-state index >= 15 is 0 Å². The van der Waals surface area contributed by atoms with Crippen LogP contribution in [0, 0.1) is 0 Å². The summed E-state index contributed by atoms with van der Waals surface area (Å²) < 4.78 is 22.4. The molecule has 1 saturated heterocycles. The summed E-state index contributed by atoms with van der Waals surface area (Å²) in [7, 11) is 1.32. The van der Waals surface area contributed by atoms with E-state index in [9.17, 15) is 30.6 Å². The molecule has 6 N–H and O–H groups in total. The molecule has 0 amide bonds. The number of phenols is 3. The molecule has 0 aliphatic carbocycles. The molecule has 10 nitrogen and oxygen atoms in total. The third kappa shape index (κ3) is 3.99. The maximum atomic E-state index is 10.6. The Hall–Kier alpha value is -2.86. The van der Waals surface area contributed by atoms with Crippen molar-refractivity contribution in [2.75, 3.05) is 13.7 Å². The first kappa shape index (κ1) is 22.3. The molecule has 6 atom stereocenters. The molecule has 1 fully saturated rings. The predicted molar refractivity (Wildman–Crippen MR) is 109 cm³/mol. The monoisotopic (exact) mass is 448 g/mol. The quantitative estimate of drug-likeness (QED) is 0.385. The van der Waals surface area contributed by atoms with E-state index in [1.54, 1.807) is 12.1 Å². The van der Waals surface area contributed by atoms with Crippen LogP contribution in [0.5, 0.6) is 23.0 Å². The summed E-state index contributed by atoms with van der Waals surface area (Å²) in [5.41, 5.74) is 1.15. The van der Waals surface area contributed by atoms with Gasteiger partial charge in [-0.3, -0.25) is 0 Å². The van der Waals surface area contributed by atoms with Crippen LogP contribution in [0.1, 0.15) is 17.2 Å². The second kappa shape index (κ2) is 8.94. The summed E-state index contributed by atoms with van der Waals surface area (Å²) in [6.45, 7) is -0.494. The second-order valence-electron chi connectivity index (χ2n) is 7.54. The van der Waals surface area contributed by atoms with Crippen molar-refractivity contribution in [3.05, 3.63) is 53.8 Å². The zero-order chi connectivity index (χ0) is 23.0. The number of rotatable bonds is 5. The van der Waals surface area contributed by atoms with Gasteiger partial charge in [-0.05, 0) is 17.7 Å². The highest BCUT2D eigenvalue weighted by molar-refractivity contribution is 5.75. The molecule has 172 valence electrons. The van der Waals surface area contributed by atoms with Crippen molar-refractivity contribution in [3.63, 3.8) is 0 Å². The number of hydrogen-bond donors (Lipinski definition) is 6. The number of benzene rings is 2. The molecule has 2 aliphatic rings. The van der Waals surface area contributed by atoms with E-state index in [4.69, 9.17) is 18.9 Å². The number of ether oxygens (including phenoxy) is 4. The number of aromatic hydroxyl groups is 3. The van der Waals surface area contributed by atoms with Crippen LogP contribution in [0.25, 0.3) is 5.57 Å². The van der Waals surface area contributed by atoms with Gasteiger partial charge < -0.3 is 49.6 Å². The molecule has 0 bridgehead atoms. The molecule has 2 heterocycles. The Kier molecular flexibility index (Phi) is 6.24. The molecule has 10 heteroatoms. The fraction of sp³-hybridized carbons (Fsp3) is 0.364. The molecular formula is C22H24O10. The summed E-state index contributed by atoms with van der Waals surface area (Å²) in [4.78, 5) is 0. The summed E-state index contributed by atoms with van der Waals surface area (Å²) in [5, 5.41) is 60.6. The van der Waals surface area contributed by atoms with Crippen LogP contribution < -0.4 is 4.74 Å². The summed E-state index contributed by atoms with van der Waals surface area (Å²) in [6.07, 6.45) is -6.01. The van der Waals surface area contributed by atoms with Gasteiger partial charge in [0.15, 0.2) is 6.29 Å². The van der Waals surface area contributed by atoms with Gasteiger partial charge in [-0.1, -0.05) is 12.1 Å². The van der Waals surface area contributed by atoms with E-state index in [0.717, 1.165) is 6.07 Å². The average molecular weight is 448 g/mol. The molecule has 2 aliphatic heterocycles. The van der Waals surface area contributed by atoms with Crippen LogP contribution in [-0.4, -0.2) is 75.1 Å². The van der Waals surface area contributed by atoms with Gasteiger partial charge in [0, 0.05) is 24.8 Å². The van der Waals surface area contributed by atoms with E-state index in [1.165, 1.54) is 31.6 Å². The number of aliphatic hydroxyl groups excluding tert-OH is 3. The zero-order valence-electron chi connectivity index (χ0n) is 17.0. The third-order valence-corrected chi connectivity index (χ3v) is 5.53. The predicted octanol–water partition coefficient (Wildman–Crippen LogP) is 0.749. The third-order valence-electron chi connectivity index (χ3n) is 5.53. The Morgan fingerprint density at radius 1 is 0.969 bits per heavy atom. The Morgan fingerprint density at radius 3 is 2.34 bits per heavy atom.